The number of nitrogens with zero attached hydrogens (tertiary/aromatic N) is 1. The maximum Gasteiger partial charge on any atom is 0.261 e. The lowest BCUT2D eigenvalue weighted by Gasteiger charge is -2.37. The molecular weight excluding hydrogens is 550 g/mol. The van der Waals surface area contributed by atoms with Gasteiger partial charge in [-0.2, -0.15) is 0 Å². The number of benzene rings is 2. The van der Waals surface area contributed by atoms with E-state index in [0.29, 0.717) is 12.2 Å². The second kappa shape index (κ2) is 13.1. The lowest BCUT2D eigenvalue weighted by molar-refractivity contribution is -0.274. The predicted molar refractivity (Wildman–Crippen MR) is 148 cm³/mol. The third kappa shape index (κ3) is 6.37. The molecule has 1 saturated heterocycles. The normalized spacial score (nSPS) is 27.8. The number of anilines is 2. The fourth-order valence-electron chi connectivity index (χ4n) is 4.99. The third-order valence-corrected chi connectivity index (χ3v) is 7.45. The molecule has 42 heavy (non-hydrogen) atoms. The monoisotopic (exact) mass is 585 g/mol. The van der Waals surface area contributed by atoms with Gasteiger partial charge in [0.1, 0.15) is 18.3 Å². The van der Waals surface area contributed by atoms with Crippen LogP contribution in [-0.4, -0.2) is 97.1 Å². The zero-order chi connectivity index (χ0) is 30.6. The summed E-state index contributed by atoms with van der Waals surface area (Å²) in [6.45, 7) is 1.85. The number of carbonyl (C=O) groups is 3. The molecular formula is C29H35N3O10. The van der Waals surface area contributed by atoms with Crippen molar-refractivity contribution in [2.24, 2.45) is 5.92 Å². The summed E-state index contributed by atoms with van der Waals surface area (Å²) in [5, 5.41) is 65.3. The van der Waals surface area contributed by atoms with E-state index in [2.05, 4.69) is 10.6 Å². The largest absolute Gasteiger partial charge is 0.395 e. The van der Waals surface area contributed by atoms with Crippen molar-refractivity contribution in [2.45, 2.75) is 56.2 Å². The first kappa shape index (κ1) is 31.3. The zero-order valence-electron chi connectivity index (χ0n) is 22.8. The number of nitrogens with one attached hydrogen (secondary N) is 2. The van der Waals surface area contributed by atoms with E-state index in [-0.39, 0.29) is 36.7 Å². The van der Waals surface area contributed by atoms with Gasteiger partial charge in [0.2, 0.25) is 5.91 Å². The van der Waals surface area contributed by atoms with Crippen LogP contribution in [0.15, 0.2) is 60.7 Å². The number of aliphatic hydroxyl groups excluding tert-OH is 5. The van der Waals surface area contributed by atoms with Gasteiger partial charge in [-0.3, -0.25) is 14.4 Å². The number of hydrogen-bond donors (Lipinski definition) is 8. The Hall–Kier alpha value is -3.69. The zero-order valence-corrected chi connectivity index (χ0v) is 22.8. The van der Waals surface area contributed by atoms with Gasteiger partial charge in [-0.15, -0.1) is 0 Å². The number of fused-ring (bicyclic) bond motifs is 1. The number of hydrogen-bond acceptors (Lipinski definition) is 10. The van der Waals surface area contributed by atoms with Gasteiger partial charge in [-0.05, 0) is 23.8 Å². The molecule has 2 aromatic rings. The summed E-state index contributed by atoms with van der Waals surface area (Å²) < 4.78 is 4.95. The summed E-state index contributed by atoms with van der Waals surface area (Å²) in [7, 11) is 0. The van der Waals surface area contributed by atoms with Crippen molar-refractivity contribution in [3.8, 4) is 0 Å². The van der Waals surface area contributed by atoms with Crippen LogP contribution in [0.3, 0.4) is 0 Å². The van der Waals surface area contributed by atoms with E-state index in [0.717, 1.165) is 5.56 Å². The van der Waals surface area contributed by atoms with Gasteiger partial charge in [0, 0.05) is 42.4 Å². The summed E-state index contributed by atoms with van der Waals surface area (Å²) in [6, 6.07) is 13.6. The molecule has 1 fully saturated rings. The van der Waals surface area contributed by atoms with Gasteiger partial charge in [0.05, 0.1) is 6.61 Å². The van der Waals surface area contributed by atoms with Gasteiger partial charge in [-0.1, -0.05) is 49.4 Å². The fourth-order valence-corrected chi connectivity index (χ4v) is 4.99. The van der Waals surface area contributed by atoms with Crippen molar-refractivity contribution in [1.29, 1.82) is 0 Å². The van der Waals surface area contributed by atoms with Crippen molar-refractivity contribution < 1.29 is 49.8 Å². The van der Waals surface area contributed by atoms with Gasteiger partial charge in [-0.25, -0.2) is 0 Å². The van der Waals surface area contributed by atoms with Gasteiger partial charge >= 0.3 is 0 Å². The van der Waals surface area contributed by atoms with E-state index < -0.39 is 54.0 Å². The third-order valence-electron chi connectivity index (χ3n) is 7.45. The van der Waals surface area contributed by atoms with Crippen LogP contribution in [0, 0.1) is 5.92 Å². The van der Waals surface area contributed by atoms with Crippen molar-refractivity contribution in [1.82, 2.24) is 4.90 Å². The lowest BCUT2D eigenvalue weighted by atomic mass is 9.82. The van der Waals surface area contributed by atoms with Crippen LogP contribution in [-0.2, 0) is 31.3 Å². The Balaban J connectivity index is 1.45. The standard InChI is InChI=1S/C29H35N3O10/c1-16(6-5-9-21(34)32(12-13-33)15-17-7-3-2-4-8-17)29(41)19-14-18(10-11-20(19)31-28(29)40)30-26(38)25-23(36)22(35)24(37)27(39)42-25/h2-8,10-11,14,16,22-25,27,33,35-37,39,41H,9,12-13,15H2,1H3,(H,30,38)(H,31,40)/b6-5+/t16-,22-,23-,24+,25-,27+,29+/m0/s1. The first-order chi connectivity index (χ1) is 20.0. The molecule has 2 aliphatic heterocycles. The van der Waals surface area contributed by atoms with E-state index in [1.165, 1.54) is 29.2 Å². The van der Waals surface area contributed by atoms with E-state index in [1.807, 2.05) is 30.3 Å². The Kier molecular flexibility index (Phi) is 9.74. The summed E-state index contributed by atoms with van der Waals surface area (Å²) in [4.78, 5) is 40.0. The molecule has 4 rings (SSSR count). The summed E-state index contributed by atoms with van der Waals surface area (Å²) in [6.07, 6.45) is -6.02. The second-order valence-corrected chi connectivity index (χ2v) is 10.3. The highest BCUT2D eigenvalue weighted by atomic mass is 16.6. The van der Waals surface area contributed by atoms with Crippen molar-refractivity contribution in [3.63, 3.8) is 0 Å². The molecule has 0 aromatic heterocycles. The van der Waals surface area contributed by atoms with E-state index in [1.54, 1.807) is 13.0 Å². The molecule has 13 heteroatoms. The predicted octanol–water partition coefficient (Wildman–Crippen LogP) is -0.832. The molecule has 3 amide bonds. The van der Waals surface area contributed by atoms with Crippen LogP contribution in [0.2, 0.25) is 0 Å². The summed E-state index contributed by atoms with van der Waals surface area (Å²) in [5.74, 6) is -2.71. The van der Waals surface area contributed by atoms with Crippen LogP contribution in [0.5, 0.6) is 0 Å². The van der Waals surface area contributed by atoms with E-state index in [4.69, 9.17) is 4.74 Å². The first-order valence-electron chi connectivity index (χ1n) is 13.4. The fraction of sp³-hybridized carbons (Fsp3) is 0.414. The molecule has 0 aliphatic carbocycles. The maximum absolute atomic E-state index is 12.9. The first-order valence-corrected chi connectivity index (χ1v) is 13.4. The Morgan fingerprint density at radius 2 is 1.81 bits per heavy atom. The number of carbonyl (C=O) groups excluding carboxylic acids is 3. The quantitative estimate of drug-likeness (QED) is 0.162. The average Bonchev–Trinajstić information content (AvgIpc) is 3.23. The SMILES string of the molecule is C[C@@H](/C=C/CC(=O)N(CCO)Cc1ccccc1)[C@]1(O)C(=O)Nc2ccc(NC(=O)[C@H]3O[C@@H](O)[C@H](O)[C@@H](O)[C@@H]3O)cc21. The van der Waals surface area contributed by atoms with Gasteiger partial charge in [0.15, 0.2) is 18.0 Å². The van der Waals surface area contributed by atoms with Crippen molar-refractivity contribution in [3.05, 3.63) is 71.8 Å². The molecule has 0 radical (unpaired) electrons. The highest BCUT2D eigenvalue weighted by molar-refractivity contribution is 6.06. The summed E-state index contributed by atoms with van der Waals surface area (Å²) >= 11 is 0. The van der Waals surface area contributed by atoms with Crippen LogP contribution < -0.4 is 10.6 Å². The van der Waals surface area contributed by atoms with E-state index >= 15 is 0 Å². The molecule has 2 aromatic carbocycles. The molecule has 2 heterocycles. The number of ether oxygens (including phenoxy) is 1. The van der Waals surface area contributed by atoms with Crippen LogP contribution >= 0.6 is 0 Å². The Bertz CT molecular complexity index is 1320. The molecule has 226 valence electrons. The van der Waals surface area contributed by atoms with Gasteiger partial charge < -0.3 is 50.9 Å². The number of rotatable bonds is 10. The van der Waals surface area contributed by atoms with Crippen LogP contribution in [0.4, 0.5) is 11.4 Å². The Labute approximate surface area is 241 Å². The van der Waals surface area contributed by atoms with Crippen molar-refractivity contribution >= 4 is 29.1 Å². The number of aliphatic hydroxyl groups is 6. The lowest BCUT2D eigenvalue weighted by Crippen LogP contribution is -2.60. The van der Waals surface area contributed by atoms with Crippen molar-refractivity contribution in [2.75, 3.05) is 23.8 Å². The average molecular weight is 586 g/mol. The molecule has 8 N–H and O–H groups in total. The van der Waals surface area contributed by atoms with Gasteiger partial charge in [0.25, 0.3) is 11.8 Å². The summed E-state index contributed by atoms with van der Waals surface area (Å²) in [5.41, 5.74) is -0.576. The second-order valence-electron chi connectivity index (χ2n) is 10.3. The highest BCUT2D eigenvalue weighted by Crippen LogP contribution is 2.43. The molecule has 7 atom stereocenters. The minimum atomic E-state index is -2.05. The minimum Gasteiger partial charge on any atom is -0.395 e. The molecule has 2 aliphatic rings. The van der Waals surface area contributed by atoms with Crippen LogP contribution in [0.25, 0.3) is 0 Å². The molecule has 0 spiro atoms. The molecule has 0 unspecified atom stereocenters. The Morgan fingerprint density at radius 3 is 2.50 bits per heavy atom. The number of amides is 3. The molecule has 0 bridgehead atoms. The van der Waals surface area contributed by atoms with Crippen LogP contribution in [0.1, 0.15) is 24.5 Å². The smallest absolute Gasteiger partial charge is 0.261 e. The van der Waals surface area contributed by atoms with E-state index in [9.17, 15) is 45.0 Å². The topological polar surface area (TPSA) is 209 Å². The molecule has 13 nitrogen and oxygen atoms in total. The maximum atomic E-state index is 12.9. The Morgan fingerprint density at radius 1 is 1.10 bits per heavy atom. The minimum absolute atomic E-state index is 0.0338. The highest BCUT2D eigenvalue weighted by Gasteiger charge is 2.49. The molecule has 0 saturated carbocycles.